The smallest absolute Gasteiger partial charge is 0.251 e. The normalized spacial score (nSPS) is 14.9. The van der Waals surface area contributed by atoms with Crippen LogP contribution >= 0.6 is 0 Å². The summed E-state index contributed by atoms with van der Waals surface area (Å²) in [5.74, 6) is 5.09. The predicted octanol–water partition coefficient (Wildman–Crippen LogP) is 0.502. The second kappa shape index (κ2) is 8.50. The van der Waals surface area contributed by atoms with Gasteiger partial charge in [0.1, 0.15) is 0 Å². The molecule has 5 nitrogen and oxygen atoms in total. The van der Waals surface area contributed by atoms with Gasteiger partial charge in [0.2, 0.25) is 0 Å². The molecule has 0 saturated carbocycles. The Morgan fingerprint density at radius 3 is 2.50 bits per heavy atom. The van der Waals surface area contributed by atoms with Crippen molar-refractivity contribution in [3.05, 3.63) is 0 Å². The van der Waals surface area contributed by atoms with Gasteiger partial charge in [-0.3, -0.25) is 15.1 Å². The van der Waals surface area contributed by atoms with Crippen LogP contribution in [-0.2, 0) is 9.53 Å². The molecule has 2 unspecified atom stereocenters. The predicted molar refractivity (Wildman–Crippen MR) is 64.7 cm³/mol. The Morgan fingerprint density at radius 1 is 1.50 bits per heavy atom. The summed E-state index contributed by atoms with van der Waals surface area (Å²) in [4.78, 5) is 13.8. The highest BCUT2D eigenvalue weighted by molar-refractivity contribution is 5.81. The van der Waals surface area contributed by atoms with Gasteiger partial charge in [0, 0.05) is 13.2 Å². The van der Waals surface area contributed by atoms with Gasteiger partial charge in [-0.15, -0.1) is 0 Å². The van der Waals surface area contributed by atoms with Crippen molar-refractivity contribution in [1.82, 2.24) is 10.3 Å². The van der Waals surface area contributed by atoms with Gasteiger partial charge in [0.15, 0.2) is 0 Å². The summed E-state index contributed by atoms with van der Waals surface area (Å²) < 4.78 is 5.12. The molecular formula is C11H25N3O2. The molecule has 96 valence electrons. The van der Waals surface area contributed by atoms with Gasteiger partial charge in [-0.1, -0.05) is 20.3 Å². The first-order valence-electron chi connectivity index (χ1n) is 5.87. The molecule has 0 radical (unpaired) electrons. The van der Waals surface area contributed by atoms with E-state index in [4.69, 9.17) is 10.6 Å². The van der Waals surface area contributed by atoms with Crippen LogP contribution in [0.2, 0.25) is 0 Å². The fraction of sp³-hybridized carbons (Fsp3) is 0.909. The Bertz CT molecular complexity index is 200. The van der Waals surface area contributed by atoms with Crippen LogP contribution in [0, 0.1) is 0 Å². The number of likely N-dealkylation sites (N-methyl/N-ethyl adjacent to an activating group) is 1. The first-order valence-corrected chi connectivity index (χ1v) is 5.87. The quantitative estimate of drug-likeness (QED) is 0.363. The van der Waals surface area contributed by atoms with E-state index in [2.05, 4.69) is 24.2 Å². The highest BCUT2D eigenvalue weighted by atomic mass is 16.5. The van der Waals surface area contributed by atoms with Crippen LogP contribution in [0.4, 0.5) is 0 Å². The Morgan fingerprint density at radius 2 is 2.12 bits per heavy atom. The average molecular weight is 231 g/mol. The van der Waals surface area contributed by atoms with Crippen molar-refractivity contribution in [2.45, 2.75) is 45.7 Å². The topological polar surface area (TPSA) is 67.6 Å². The van der Waals surface area contributed by atoms with Crippen molar-refractivity contribution >= 4 is 5.91 Å². The minimum atomic E-state index is -0.162. The van der Waals surface area contributed by atoms with Crippen LogP contribution in [0.5, 0.6) is 0 Å². The zero-order valence-electron chi connectivity index (χ0n) is 10.8. The molecule has 0 saturated heterocycles. The third-order valence-corrected chi connectivity index (χ3v) is 2.75. The number of carbonyl (C=O) groups is 1. The molecule has 0 spiro atoms. The molecular weight excluding hydrogens is 206 g/mol. The monoisotopic (exact) mass is 231 g/mol. The van der Waals surface area contributed by atoms with Gasteiger partial charge in [0.05, 0.1) is 12.6 Å². The lowest BCUT2D eigenvalue weighted by Crippen LogP contribution is -2.53. The second-order valence-electron chi connectivity index (χ2n) is 3.95. The van der Waals surface area contributed by atoms with Crippen molar-refractivity contribution < 1.29 is 9.53 Å². The molecule has 0 aromatic heterocycles. The van der Waals surface area contributed by atoms with Crippen LogP contribution in [0.15, 0.2) is 0 Å². The number of rotatable bonds is 8. The summed E-state index contributed by atoms with van der Waals surface area (Å²) in [6.45, 7) is 7.58. The lowest BCUT2D eigenvalue weighted by molar-refractivity contribution is -0.128. The summed E-state index contributed by atoms with van der Waals surface area (Å²) >= 11 is 0. The van der Waals surface area contributed by atoms with Gasteiger partial charge in [-0.2, -0.15) is 0 Å². The Hall–Kier alpha value is -0.650. The molecule has 0 bridgehead atoms. The van der Waals surface area contributed by atoms with E-state index in [1.165, 1.54) is 0 Å². The van der Waals surface area contributed by atoms with Crippen molar-refractivity contribution in [3.63, 3.8) is 0 Å². The molecule has 3 N–H and O–H groups in total. The van der Waals surface area contributed by atoms with Crippen LogP contribution in [0.25, 0.3) is 0 Å². The molecule has 16 heavy (non-hydrogen) atoms. The van der Waals surface area contributed by atoms with Gasteiger partial charge in [0.25, 0.3) is 5.91 Å². The fourth-order valence-electron chi connectivity index (χ4n) is 1.99. The molecule has 0 aliphatic carbocycles. The molecule has 0 aromatic carbocycles. The maximum atomic E-state index is 11.7. The molecule has 0 aliphatic rings. The molecule has 0 rings (SSSR count). The number of hydrazine groups is 1. The summed E-state index contributed by atoms with van der Waals surface area (Å²) in [5.41, 5.74) is 2.24. The number of nitrogens with one attached hydrogen (secondary N) is 1. The van der Waals surface area contributed by atoms with Crippen LogP contribution in [0.1, 0.15) is 33.6 Å². The fourth-order valence-corrected chi connectivity index (χ4v) is 1.99. The van der Waals surface area contributed by atoms with E-state index >= 15 is 0 Å². The number of hydrogen-bond donors (Lipinski definition) is 2. The minimum absolute atomic E-state index is 0.119. The third kappa shape index (κ3) is 4.47. The molecule has 0 aliphatic heterocycles. The number of nitrogens with zero attached hydrogens (tertiary/aromatic N) is 1. The SMILES string of the molecule is CCCC(C(=O)NN)N(CC)C(C)COC. The van der Waals surface area contributed by atoms with E-state index in [0.29, 0.717) is 6.61 Å². The molecule has 0 heterocycles. The van der Waals surface area contributed by atoms with E-state index in [1.54, 1.807) is 7.11 Å². The average Bonchev–Trinajstić information content (AvgIpc) is 2.28. The van der Waals surface area contributed by atoms with E-state index in [9.17, 15) is 4.79 Å². The minimum Gasteiger partial charge on any atom is -0.383 e. The summed E-state index contributed by atoms with van der Waals surface area (Å²) in [7, 11) is 1.67. The highest BCUT2D eigenvalue weighted by Crippen LogP contribution is 2.11. The van der Waals surface area contributed by atoms with Crippen LogP contribution in [0.3, 0.4) is 0 Å². The highest BCUT2D eigenvalue weighted by Gasteiger charge is 2.26. The van der Waals surface area contributed by atoms with Crippen molar-refractivity contribution in [1.29, 1.82) is 0 Å². The van der Waals surface area contributed by atoms with E-state index in [1.807, 2.05) is 6.92 Å². The number of carbonyl (C=O) groups excluding carboxylic acids is 1. The summed E-state index contributed by atoms with van der Waals surface area (Å²) in [5, 5.41) is 0. The Kier molecular flexibility index (Phi) is 8.15. The summed E-state index contributed by atoms with van der Waals surface area (Å²) in [6.07, 6.45) is 1.76. The number of methoxy groups -OCH3 is 1. The molecule has 5 heteroatoms. The second-order valence-corrected chi connectivity index (χ2v) is 3.95. The van der Waals surface area contributed by atoms with Crippen LogP contribution < -0.4 is 11.3 Å². The van der Waals surface area contributed by atoms with Crippen LogP contribution in [-0.4, -0.2) is 43.2 Å². The van der Waals surface area contributed by atoms with Crippen molar-refractivity contribution in [2.24, 2.45) is 5.84 Å². The van der Waals surface area contributed by atoms with Gasteiger partial charge in [-0.25, -0.2) is 5.84 Å². The maximum Gasteiger partial charge on any atom is 0.251 e. The lowest BCUT2D eigenvalue weighted by Gasteiger charge is -2.34. The first-order chi connectivity index (χ1) is 7.62. The zero-order chi connectivity index (χ0) is 12.6. The Balaban J connectivity index is 4.62. The molecule has 0 fully saturated rings. The lowest BCUT2D eigenvalue weighted by atomic mass is 10.1. The number of hydrogen-bond acceptors (Lipinski definition) is 4. The van der Waals surface area contributed by atoms with E-state index < -0.39 is 0 Å². The van der Waals surface area contributed by atoms with Gasteiger partial charge >= 0.3 is 0 Å². The zero-order valence-corrected chi connectivity index (χ0v) is 10.8. The molecule has 1 amide bonds. The van der Waals surface area contributed by atoms with Crippen molar-refractivity contribution in [3.8, 4) is 0 Å². The maximum absolute atomic E-state index is 11.7. The van der Waals surface area contributed by atoms with E-state index in [-0.39, 0.29) is 18.0 Å². The number of amides is 1. The summed E-state index contributed by atoms with van der Waals surface area (Å²) in [6, 6.07) is 0.0500. The molecule has 0 aromatic rings. The number of nitrogens with two attached hydrogens (primary N) is 1. The standard InChI is InChI=1S/C11H25N3O2/c1-5-7-10(11(15)13-12)14(6-2)9(3)8-16-4/h9-10H,5-8,12H2,1-4H3,(H,13,15). The van der Waals surface area contributed by atoms with Gasteiger partial charge < -0.3 is 4.74 Å². The van der Waals surface area contributed by atoms with E-state index in [0.717, 1.165) is 19.4 Å². The Labute approximate surface area is 98.3 Å². The first kappa shape index (κ1) is 15.3. The third-order valence-electron chi connectivity index (χ3n) is 2.75. The number of ether oxygens (including phenoxy) is 1. The molecule has 2 atom stereocenters. The largest absolute Gasteiger partial charge is 0.383 e. The van der Waals surface area contributed by atoms with Crippen molar-refractivity contribution in [2.75, 3.05) is 20.3 Å². The van der Waals surface area contributed by atoms with Gasteiger partial charge in [-0.05, 0) is 19.9 Å².